The van der Waals surface area contributed by atoms with Crippen LogP contribution in [0, 0.1) is 0 Å². The molecule has 0 saturated heterocycles. The third-order valence-corrected chi connectivity index (χ3v) is 2.11. The molecular formula is C8H10NO4P-2. The van der Waals surface area contributed by atoms with Crippen molar-refractivity contribution < 1.29 is 19.1 Å². The number of benzene rings is 1. The van der Waals surface area contributed by atoms with Crippen LogP contribution in [0.2, 0.25) is 0 Å². The Labute approximate surface area is 81.9 Å². The molecule has 1 N–H and O–H groups in total. The first-order chi connectivity index (χ1) is 6.51. The Morgan fingerprint density at radius 3 is 2.36 bits per heavy atom. The van der Waals surface area contributed by atoms with Crippen molar-refractivity contribution in [2.45, 2.75) is 0 Å². The maximum absolute atomic E-state index is 10.3. The van der Waals surface area contributed by atoms with Crippen LogP contribution < -0.4 is 19.8 Å². The standard InChI is InChI=1S/C8H12NO4P/c1-13-8-4-2-7(3-5-8)9-6-14(10,11)12/h2-5,9H,6H2,1H3,(H2,10,11,12)/p-2. The van der Waals surface area contributed by atoms with Gasteiger partial charge in [-0.05, 0) is 31.9 Å². The summed E-state index contributed by atoms with van der Waals surface area (Å²) in [6.07, 6.45) is -0.584. The van der Waals surface area contributed by atoms with Crippen LogP contribution in [0.25, 0.3) is 0 Å². The highest BCUT2D eigenvalue weighted by molar-refractivity contribution is 7.48. The van der Waals surface area contributed by atoms with E-state index in [-0.39, 0.29) is 0 Å². The Balaban J connectivity index is 2.56. The molecule has 0 amide bonds. The summed E-state index contributed by atoms with van der Waals surface area (Å²) in [5.74, 6) is 0.669. The smallest absolute Gasteiger partial charge is 0.119 e. The van der Waals surface area contributed by atoms with Crippen molar-refractivity contribution in [3.05, 3.63) is 24.3 Å². The van der Waals surface area contributed by atoms with Crippen LogP contribution in [-0.4, -0.2) is 13.4 Å². The average molecular weight is 215 g/mol. The van der Waals surface area contributed by atoms with E-state index in [9.17, 15) is 14.4 Å². The van der Waals surface area contributed by atoms with Gasteiger partial charge in [-0.15, -0.1) is 0 Å². The number of rotatable bonds is 4. The van der Waals surface area contributed by atoms with Gasteiger partial charge in [0.15, 0.2) is 0 Å². The van der Waals surface area contributed by atoms with Crippen molar-refractivity contribution in [3.8, 4) is 5.75 Å². The molecule has 1 rings (SSSR count). The Kier molecular flexibility index (Phi) is 3.52. The van der Waals surface area contributed by atoms with E-state index < -0.39 is 13.9 Å². The van der Waals surface area contributed by atoms with Crippen LogP contribution in [0.3, 0.4) is 0 Å². The van der Waals surface area contributed by atoms with E-state index in [1.807, 2.05) is 0 Å². The van der Waals surface area contributed by atoms with Crippen LogP contribution >= 0.6 is 7.60 Å². The van der Waals surface area contributed by atoms with Gasteiger partial charge in [0.25, 0.3) is 0 Å². The summed E-state index contributed by atoms with van der Waals surface area (Å²) in [7, 11) is -2.96. The van der Waals surface area contributed by atoms with Gasteiger partial charge in [-0.1, -0.05) is 0 Å². The maximum atomic E-state index is 10.3. The number of hydrogen-bond acceptors (Lipinski definition) is 5. The fraction of sp³-hybridized carbons (Fsp3) is 0.250. The van der Waals surface area contributed by atoms with Crippen molar-refractivity contribution in [2.75, 3.05) is 18.7 Å². The fourth-order valence-corrected chi connectivity index (χ4v) is 1.27. The van der Waals surface area contributed by atoms with Gasteiger partial charge in [0.1, 0.15) is 5.75 Å². The molecule has 14 heavy (non-hydrogen) atoms. The minimum atomic E-state index is -4.49. The molecule has 0 bridgehead atoms. The molecule has 0 fully saturated rings. The van der Waals surface area contributed by atoms with Crippen molar-refractivity contribution in [3.63, 3.8) is 0 Å². The molecule has 0 aliphatic heterocycles. The molecule has 0 aliphatic rings. The molecular weight excluding hydrogens is 205 g/mol. The van der Waals surface area contributed by atoms with E-state index in [1.54, 1.807) is 24.3 Å². The number of hydrogen-bond donors (Lipinski definition) is 1. The highest BCUT2D eigenvalue weighted by atomic mass is 31.2. The highest BCUT2D eigenvalue weighted by Gasteiger charge is 1.94. The molecule has 0 aromatic heterocycles. The monoisotopic (exact) mass is 215 g/mol. The number of ether oxygens (including phenoxy) is 1. The van der Waals surface area contributed by atoms with E-state index in [0.717, 1.165) is 0 Å². The zero-order chi connectivity index (χ0) is 10.6. The molecule has 1 aromatic rings. The zero-order valence-corrected chi connectivity index (χ0v) is 8.49. The van der Waals surface area contributed by atoms with E-state index >= 15 is 0 Å². The highest BCUT2D eigenvalue weighted by Crippen LogP contribution is 2.23. The third-order valence-electron chi connectivity index (χ3n) is 1.57. The molecule has 6 heteroatoms. The lowest BCUT2D eigenvalue weighted by molar-refractivity contribution is -0.312. The Hall–Kier alpha value is -1.03. The molecule has 0 atom stereocenters. The van der Waals surface area contributed by atoms with E-state index in [1.165, 1.54) is 7.11 Å². The summed E-state index contributed by atoms with van der Waals surface area (Å²) in [5, 5.41) is 2.49. The lowest BCUT2D eigenvalue weighted by Gasteiger charge is -2.29. The summed E-state index contributed by atoms with van der Waals surface area (Å²) in [6, 6.07) is 6.61. The Bertz CT molecular complexity index is 332. The van der Waals surface area contributed by atoms with Gasteiger partial charge in [0, 0.05) is 12.0 Å². The van der Waals surface area contributed by atoms with Gasteiger partial charge >= 0.3 is 0 Å². The van der Waals surface area contributed by atoms with Crippen LogP contribution in [0.5, 0.6) is 5.75 Å². The number of anilines is 1. The van der Waals surface area contributed by atoms with Crippen molar-refractivity contribution in [2.24, 2.45) is 0 Å². The molecule has 0 heterocycles. The largest absolute Gasteiger partial charge is 0.810 e. The summed E-state index contributed by atoms with van der Waals surface area (Å²) in [5.41, 5.74) is 0.567. The van der Waals surface area contributed by atoms with Gasteiger partial charge in [-0.2, -0.15) is 0 Å². The molecule has 78 valence electrons. The average Bonchev–Trinajstić information content (AvgIpc) is 2.14. The van der Waals surface area contributed by atoms with Crippen LogP contribution in [0.4, 0.5) is 5.69 Å². The molecule has 1 aromatic carbocycles. The lowest BCUT2D eigenvalue weighted by Crippen LogP contribution is -2.21. The second-order valence-corrected chi connectivity index (χ2v) is 4.21. The predicted octanol–water partition coefficient (Wildman–Crippen LogP) is -0.0217. The zero-order valence-electron chi connectivity index (χ0n) is 7.60. The SMILES string of the molecule is COc1ccc(NCP(=O)([O-])[O-])cc1. The summed E-state index contributed by atoms with van der Waals surface area (Å²) < 4.78 is 15.2. The molecule has 0 unspecified atom stereocenters. The Morgan fingerprint density at radius 2 is 1.93 bits per heavy atom. The van der Waals surface area contributed by atoms with Crippen LogP contribution in [-0.2, 0) is 4.57 Å². The molecule has 5 nitrogen and oxygen atoms in total. The number of nitrogens with one attached hydrogen (secondary N) is 1. The van der Waals surface area contributed by atoms with Crippen molar-refractivity contribution >= 4 is 13.3 Å². The van der Waals surface area contributed by atoms with Crippen LogP contribution in [0.1, 0.15) is 0 Å². The normalized spacial score (nSPS) is 11.1. The predicted molar refractivity (Wildman–Crippen MR) is 49.1 cm³/mol. The number of methoxy groups -OCH3 is 1. The second kappa shape index (κ2) is 4.46. The first-order valence-corrected chi connectivity index (χ1v) is 5.63. The minimum absolute atomic E-state index is 0.567. The second-order valence-electron chi connectivity index (χ2n) is 2.67. The molecule has 0 spiro atoms. The maximum Gasteiger partial charge on any atom is 0.119 e. The first-order valence-electron chi connectivity index (χ1n) is 3.90. The third kappa shape index (κ3) is 3.79. The lowest BCUT2D eigenvalue weighted by atomic mass is 10.3. The topological polar surface area (TPSA) is 84.5 Å². The van der Waals surface area contributed by atoms with Gasteiger partial charge in [0.2, 0.25) is 0 Å². The van der Waals surface area contributed by atoms with Crippen molar-refractivity contribution in [1.29, 1.82) is 0 Å². The van der Waals surface area contributed by atoms with E-state index in [0.29, 0.717) is 11.4 Å². The minimum Gasteiger partial charge on any atom is -0.810 e. The van der Waals surface area contributed by atoms with E-state index in [2.05, 4.69) is 5.32 Å². The summed E-state index contributed by atoms with van der Waals surface area (Å²) in [6.45, 7) is 0. The van der Waals surface area contributed by atoms with Gasteiger partial charge in [-0.3, -0.25) is 0 Å². The van der Waals surface area contributed by atoms with Crippen molar-refractivity contribution in [1.82, 2.24) is 0 Å². The quantitative estimate of drug-likeness (QED) is 0.713. The fourth-order valence-electron chi connectivity index (χ4n) is 0.897. The van der Waals surface area contributed by atoms with Gasteiger partial charge < -0.3 is 24.4 Å². The first kappa shape index (κ1) is 11.0. The summed E-state index contributed by atoms with van der Waals surface area (Å²) in [4.78, 5) is 20.6. The Morgan fingerprint density at radius 1 is 1.36 bits per heavy atom. The molecule has 0 aliphatic carbocycles. The molecule has 0 radical (unpaired) electrons. The summed E-state index contributed by atoms with van der Waals surface area (Å²) >= 11 is 0. The van der Waals surface area contributed by atoms with Crippen LogP contribution in [0.15, 0.2) is 24.3 Å². The van der Waals surface area contributed by atoms with Gasteiger partial charge in [-0.25, -0.2) is 0 Å². The van der Waals surface area contributed by atoms with Gasteiger partial charge in [0.05, 0.1) is 7.11 Å². The van der Waals surface area contributed by atoms with E-state index in [4.69, 9.17) is 4.74 Å². The molecule has 0 saturated carbocycles.